The first-order chi connectivity index (χ1) is 8.41. The molecule has 1 heterocycles. The minimum atomic E-state index is -0.308. The van der Waals surface area contributed by atoms with Crippen molar-refractivity contribution in [3.05, 3.63) is 22.4 Å². The summed E-state index contributed by atoms with van der Waals surface area (Å²) in [6.07, 6.45) is 0. The van der Waals surface area contributed by atoms with E-state index in [1.165, 1.54) is 4.88 Å². The second kappa shape index (κ2) is 6.87. The Hall–Kier alpha value is -0.910. The van der Waals surface area contributed by atoms with Crippen LogP contribution in [0.3, 0.4) is 0 Å². The molecule has 4 N–H and O–H groups in total. The molecule has 0 saturated heterocycles. The molecule has 1 aromatic heterocycles. The molecule has 0 spiro atoms. The Morgan fingerprint density at radius 3 is 2.50 bits per heavy atom. The lowest BCUT2D eigenvalue weighted by molar-refractivity contribution is -0.119. The lowest BCUT2D eigenvalue weighted by Crippen LogP contribution is -2.44. The molecule has 0 aliphatic heterocycles. The third-order valence-corrected chi connectivity index (χ3v) is 3.63. The van der Waals surface area contributed by atoms with E-state index in [0.717, 1.165) is 6.54 Å². The van der Waals surface area contributed by atoms with Gasteiger partial charge in [0.15, 0.2) is 0 Å². The molecule has 0 aliphatic carbocycles. The quantitative estimate of drug-likeness (QED) is 0.789. The number of thiophene rings is 1. The van der Waals surface area contributed by atoms with Crippen molar-refractivity contribution in [1.29, 1.82) is 0 Å². The van der Waals surface area contributed by atoms with Crippen LogP contribution in [0.5, 0.6) is 0 Å². The largest absolute Gasteiger partial charge is 0.369 e. The zero-order valence-electron chi connectivity index (χ0n) is 11.3. The zero-order chi connectivity index (χ0) is 13.7. The summed E-state index contributed by atoms with van der Waals surface area (Å²) in [6.45, 7) is 7.29. The van der Waals surface area contributed by atoms with Gasteiger partial charge in [-0.1, -0.05) is 19.9 Å². The predicted molar refractivity (Wildman–Crippen MR) is 76.3 cm³/mol. The molecule has 1 amide bonds. The Balaban J connectivity index is 2.93. The van der Waals surface area contributed by atoms with Gasteiger partial charge in [0, 0.05) is 17.5 Å². The van der Waals surface area contributed by atoms with Crippen LogP contribution >= 0.6 is 11.3 Å². The van der Waals surface area contributed by atoms with Crippen molar-refractivity contribution >= 4 is 17.2 Å². The molecule has 2 unspecified atom stereocenters. The average Bonchev–Trinajstić information content (AvgIpc) is 2.68. The van der Waals surface area contributed by atoms with Crippen LogP contribution in [0.15, 0.2) is 17.5 Å². The van der Waals surface area contributed by atoms with E-state index >= 15 is 0 Å². The van der Waals surface area contributed by atoms with Crippen LogP contribution in [-0.4, -0.2) is 29.9 Å². The normalized spacial score (nSPS) is 15.0. The Morgan fingerprint density at radius 2 is 2.11 bits per heavy atom. The van der Waals surface area contributed by atoms with Gasteiger partial charge in [0.1, 0.15) is 0 Å². The van der Waals surface area contributed by atoms with Crippen LogP contribution in [0.4, 0.5) is 0 Å². The molecule has 0 aliphatic rings. The standard InChI is InChI=1S/C13H23N3OS/c1-9(2)7-16(8-12(15)17)13(10(3)14)11-5-4-6-18-11/h4-6,9-10,13H,7-8,14H2,1-3H3,(H2,15,17). The minimum absolute atomic E-state index is 0.0400. The van der Waals surface area contributed by atoms with Gasteiger partial charge in [0.25, 0.3) is 0 Å². The summed E-state index contributed by atoms with van der Waals surface area (Å²) in [5.74, 6) is 0.156. The van der Waals surface area contributed by atoms with Gasteiger partial charge in [-0.05, 0) is 24.3 Å². The number of hydrogen-bond donors (Lipinski definition) is 2. The maximum absolute atomic E-state index is 11.2. The molecule has 1 rings (SSSR count). The van der Waals surface area contributed by atoms with Gasteiger partial charge >= 0.3 is 0 Å². The summed E-state index contributed by atoms with van der Waals surface area (Å²) >= 11 is 1.67. The molecule has 102 valence electrons. The van der Waals surface area contributed by atoms with E-state index in [-0.39, 0.29) is 24.5 Å². The van der Waals surface area contributed by atoms with Gasteiger partial charge in [-0.15, -0.1) is 11.3 Å². The molecule has 0 aromatic carbocycles. The molecule has 18 heavy (non-hydrogen) atoms. The molecule has 5 heteroatoms. The van der Waals surface area contributed by atoms with E-state index in [1.807, 2.05) is 18.4 Å². The average molecular weight is 269 g/mol. The Labute approximate surface area is 113 Å². The summed E-state index contributed by atoms with van der Waals surface area (Å²) in [6, 6.07) is 4.09. The number of primary amides is 1. The second-order valence-corrected chi connectivity index (χ2v) is 6.09. The fourth-order valence-electron chi connectivity index (χ4n) is 2.18. The van der Waals surface area contributed by atoms with Crippen LogP contribution in [0.25, 0.3) is 0 Å². The van der Waals surface area contributed by atoms with E-state index in [9.17, 15) is 4.79 Å². The molecule has 0 radical (unpaired) electrons. The number of hydrogen-bond acceptors (Lipinski definition) is 4. The lowest BCUT2D eigenvalue weighted by Gasteiger charge is -2.34. The highest BCUT2D eigenvalue weighted by atomic mass is 32.1. The van der Waals surface area contributed by atoms with E-state index in [2.05, 4.69) is 24.8 Å². The van der Waals surface area contributed by atoms with Gasteiger partial charge in [-0.25, -0.2) is 0 Å². The Bertz CT molecular complexity index is 362. The zero-order valence-corrected chi connectivity index (χ0v) is 12.1. The first-order valence-electron chi connectivity index (χ1n) is 6.23. The molecule has 1 aromatic rings. The van der Waals surface area contributed by atoms with Crippen LogP contribution in [-0.2, 0) is 4.79 Å². The molecule has 0 saturated carbocycles. The monoisotopic (exact) mass is 269 g/mol. The van der Waals surface area contributed by atoms with Gasteiger partial charge in [-0.2, -0.15) is 0 Å². The Kier molecular flexibility index (Phi) is 5.78. The Morgan fingerprint density at radius 1 is 1.44 bits per heavy atom. The van der Waals surface area contributed by atoms with E-state index < -0.39 is 0 Å². The van der Waals surface area contributed by atoms with Crippen LogP contribution in [0.1, 0.15) is 31.7 Å². The van der Waals surface area contributed by atoms with Crippen LogP contribution in [0, 0.1) is 5.92 Å². The summed E-state index contributed by atoms with van der Waals surface area (Å²) < 4.78 is 0. The van der Waals surface area contributed by atoms with Gasteiger partial charge in [-0.3, -0.25) is 9.69 Å². The van der Waals surface area contributed by atoms with Crippen molar-refractivity contribution < 1.29 is 4.79 Å². The van der Waals surface area contributed by atoms with Crippen molar-refractivity contribution in [3.8, 4) is 0 Å². The summed E-state index contributed by atoms with van der Waals surface area (Å²) in [5, 5.41) is 2.03. The number of carbonyl (C=O) groups is 1. The number of nitrogens with two attached hydrogens (primary N) is 2. The lowest BCUT2D eigenvalue weighted by atomic mass is 10.0. The molecule has 4 nitrogen and oxygen atoms in total. The fourth-order valence-corrected chi connectivity index (χ4v) is 3.15. The van der Waals surface area contributed by atoms with Crippen LogP contribution < -0.4 is 11.5 Å². The molecule has 0 bridgehead atoms. The van der Waals surface area contributed by atoms with Crippen molar-refractivity contribution in [2.75, 3.05) is 13.1 Å². The number of amides is 1. The molecular weight excluding hydrogens is 246 g/mol. The van der Waals surface area contributed by atoms with Gasteiger partial charge in [0.2, 0.25) is 5.91 Å². The first-order valence-corrected chi connectivity index (χ1v) is 7.11. The number of nitrogens with zero attached hydrogens (tertiary/aromatic N) is 1. The fraction of sp³-hybridized carbons (Fsp3) is 0.615. The maximum Gasteiger partial charge on any atom is 0.231 e. The minimum Gasteiger partial charge on any atom is -0.369 e. The highest BCUT2D eigenvalue weighted by Gasteiger charge is 2.26. The van der Waals surface area contributed by atoms with E-state index in [4.69, 9.17) is 11.5 Å². The third-order valence-electron chi connectivity index (χ3n) is 2.68. The molecule has 0 fully saturated rings. The highest BCUT2D eigenvalue weighted by molar-refractivity contribution is 7.10. The summed E-state index contributed by atoms with van der Waals surface area (Å²) in [4.78, 5) is 14.5. The SMILES string of the molecule is CC(C)CN(CC(N)=O)C(c1cccs1)C(C)N. The smallest absolute Gasteiger partial charge is 0.231 e. The topological polar surface area (TPSA) is 72.3 Å². The van der Waals surface area contributed by atoms with E-state index in [0.29, 0.717) is 5.92 Å². The predicted octanol–water partition coefficient (Wildman–Crippen LogP) is 1.58. The van der Waals surface area contributed by atoms with Crippen molar-refractivity contribution in [3.63, 3.8) is 0 Å². The first kappa shape index (κ1) is 15.1. The third kappa shape index (κ3) is 4.40. The van der Waals surface area contributed by atoms with Crippen molar-refractivity contribution in [2.45, 2.75) is 32.9 Å². The van der Waals surface area contributed by atoms with Crippen molar-refractivity contribution in [2.24, 2.45) is 17.4 Å². The van der Waals surface area contributed by atoms with Crippen LogP contribution in [0.2, 0.25) is 0 Å². The summed E-state index contributed by atoms with van der Waals surface area (Å²) in [7, 11) is 0. The van der Waals surface area contributed by atoms with E-state index in [1.54, 1.807) is 11.3 Å². The molecular formula is C13H23N3OS. The maximum atomic E-state index is 11.2. The van der Waals surface area contributed by atoms with Crippen molar-refractivity contribution in [1.82, 2.24) is 4.90 Å². The van der Waals surface area contributed by atoms with Gasteiger partial charge in [0.05, 0.1) is 12.6 Å². The summed E-state index contributed by atoms with van der Waals surface area (Å²) in [5.41, 5.74) is 11.4. The number of carbonyl (C=O) groups excluding carboxylic acids is 1. The molecule has 2 atom stereocenters. The second-order valence-electron chi connectivity index (χ2n) is 5.11. The highest BCUT2D eigenvalue weighted by Crippen LogP contribution is 2.28. The van der Waals surface area contributed by atoms with Gasteiger partial charge < -0.3 is 11.5 Å². The number of rotatable bonds is 7.